The average Bonchev–Trinajstić information content (AvgIpc) is 2.36. The second kappa shape index (κ2) is 5.20. The lowest BCUT2D eigenvalue weighted by Crippen LogP contribution is -2.03. The lowest BCUT2D eigenvalue weighted by molar-refractivity contribution is 0.181. The van der Waals surface area contributed by atoms with Gasteiger partial charge in [-0.2, -0.15) is 0 Å². The summed E-state index contributed by atoms with van der Waals surface area (Å²) in [5.41, 5.74) is 7.36. The van der Waals surface area contributed by atoms with Crippen molar-refractivity contribution in [3.05, 3.63) is 34.7 Å². The van der Waals surface area contributed by atoms with Crippen LogP contribution in [0.25, 0.3) is 11.4 Å². The highest BCUT2D eigenvalue weighted by Crippen LogP contribution is 2.25. The van der Waals surface area contributed by atoms with E-state index < -0.39 is 0 Å². The highest BCUT2D eigenvalue weighted by molar-refractivity contribution is 9.10. The lowest BCUT2D eigenvalue weighted by atomic mass is 10.2. The smallest absolute Gasteiger partial charge is 0.163 e. The largest absolute Gasteiger partial charge is 0.383 e. The van der Waals surface area contributed by atoms with Crippen LogP contribution in [0.4, 0.5) is 5.82 Å². The zero-order chi connectivity index (χ0) is 12.3. The van der Waals surface area contributed by atoms with E-state index in [9.17, 15) is 0 Å². The van der Waals surface area contributed by atoms with Crippen LogP contribution < -0.4 is 5.73 Å². The Balaban J connectivity index is 2.49. The van der Waals surface area contributed by atoms with Gasteiger partial charge in [-0.3, -0.25) is 4.98 Å². The average molecular weight is 295 g/mol. The van der Waals surface area contributed by atoms with E-state index in [0.29, 0.717) is 22.7 Å². The first kappa shape index (κ1) is 11.9. The van der Waals surface area contributed by atoms with Crippen LogP contribution in [0.15, 0.2) is 29.0 Å². The maximum Gasteiger partial charge on any atom is 0.163 e. The Labute approximate surface area is 107 Å². The highest BCUT2D eigenvalue weighted by atomic mass is 79.9. The molecule has 88 valence electrons. The molecule has 5 nitrogen and oxygen atoms in total. The summed E-state index contributed by atoms with van der Waals surface area (Å²) in [6, 6.07) is 3.71. The molecule has 0 saturated heterocycles. The number of ether oxygens (including phenoxy) is 1. The van der Waals surface area contributed by atoms with Crippen molar-refractivity contribution in [3.63, 3.8) is 0 Å². The quantitative estimate of drug-likeness (QED) is 0.937. The van der Waals surface area contributed by atoms with E-state index in [-0.39, 0.29) is 0 Å². The van der Waals surface area contributed by atoms with Crippen molar-refractivity contribution in [2.24, 2.45) is 0 Å². The first-order valence-corrected chi connectivity index (χ1v) is 5.73. The summed E-state index contributed by atoms with van der Waals surface area (Å²) in [5.74, 6) is 0.941. The molecular weight excluding hydrogens is 284 g/mol. The Hall–Kier alpha value is -1.53. The number of anilines is 1. The van der Waals surface area contributed by atoms with Gasteiger partial charge >= 0.3 is 0 Å². The predicted octanol–water partition coefficient (Wildman–Crippen LogP) is 2.03. The molecule has 0 unspecified atom stereocenters. The van der Waals surface area contributed by atoms with Crippen molar-refractivity contribution in [2.75, 3.05) is 12.8 Å². The highest BCUT2D eigenvalue weighted by Gasteiger charge is 2.11. The van der Waals surface area contributed by atoms with Gasteiger partial charge in [0.1, 0.15) is 5.82 Å². The molecule has 0 amide bonds. The SMILES string of the molecule is COCc1nc(-c2cccnc2)nc(N)c1Br. The molecule has 17 heavy (non-hydrogen) atoms. The minimum atomic E-state index is 0.376. The first-order valence-electron chi connectivity index (χ1n) is 4.93. The molecule has 2 aromatic heterocycles. The van der Waals surface area contributed by atoms with Gasteiger partial charge in [-0.05, 0) is 28.1 Å². The molecule has 0 aromatic carbocycles. The molecule has 0 radical (unpaired) electrons. The number of nitrogen functional groups attached to an aromatic ring is 1. The van der Waals surface area contributed by atoms with Gasteiger partial charge < -0.3 is 10.5 Å². The Morgan fingerprint density at radius 1 is 1.41 bits per heavy atom. The van der Waals surface area contributed by atoms with Crippen LogP contribution in [0.3, 0.4) is 0 Å². The van der Waals surface area contributed by atoms with Crippen LogP contribution in [0.2, 0.25) is 0 Å². The van der Waals surface area contributed by atoms with E-state index in [1.807, 2.05) is 12.1 Å². The number of hydrogen-bond acceptors (Lipinski definition) is 5. The van der Waals surface area contributed by atoms with Gasteiger partial charge in [0, 0.05) is 25.1 Å². The van der Waals surface area contributed by atoms with Gasteiger partial charge in [-0.1, -0.05) is 0 Å². The third-order valence-corrected chi connectivity index (χ3v) is 3.01. The molecule has 0 aliphatic heterocycles. The molecule has 2 heterocycles. The second-order valence-corrected chi connectivity index (χ2v) is 4.16. The minimum Gasteiger partial charge on any atom is -0.383 e. The Morgan fingerprint density at radius 2 is 2.24 bits per heavy atom. The van der Waals surface area contributed by atoms with Crippen LogP contribution in [0.5, 0.6) is 0 Å². The molecule has 0 aliphatic rings. The molecule has 0 fully saturated rings. The van der Waals surface area contributed by atoms with Crippen LogP contribution in [0.1, 0.15) is 5.69 Å². The molecule has 2 aromatic rings. The summed E-state index contributed by atoms with van der Waals surface area (Å²) in [6.07, 6.45) is 3.39. The summed E-state index contributed by atoms with van der Waals surface area (Å²) in [5, 5.41) is 0. The zero-order valence-corrected chi connectivity index (χ0v) is 10.8. The van der Waals surface area contributed by atoms with Crippen molar-refractivity contribution >= 4 is 21.7 Å². The Kier molecular flexibility index (Phi) is 3.65. The van der Waals surface area contributed by atoms with Gasteiger partial charge in [-0.25, -0.2) is 9.97 Å². The third kappa shape index (κ3) is 2.59. The monoisotopic (exact) mass is 294 g/mol. The molecule has 2 rings (SSSR count). The number of nitrogens with zero attached hydrogens (tertiary/aromatic N) is 3. The van der Waals surface area contributed by atoms with Gasteiger partial charge in [0.15, 0.2) is 5.82 Å². The fourth-order valence-electron chi connectivity index (χ4n) is 1.37. The minimum absolute atomic E-state index is 0.376. The Morgan fingerprint density at radius 3 is 2.88 bits per heavy atom. The van der Waals surface area contributed by atoms with E-state index in [1.54, 1.807) is 19.5 Å². The fourth-order valence-corrected chi connectivity index (χ4v) is 1.66. The summed E-state index contributed by atoms with van der Waals surface area (Å²) >= 11 is 3.34. The molecule has 2 N–H and O–H groups in total. The summed E-state index contributed by atoms with van der Waals surface area (Å²) in [6.45, 7) is 0.376. The number of methoxy groups -OCH3 is 1. The molecule has 0 saturated carbocycles. The van der Waals surface area contributed by atoms with Crippen molar-refractivity contribution in [1.29, 1.82) is 0 Å². The van der Waals surface area contributed by atoms with Crippen LogP contribution in [-0.4, -0.2) is 22.1 Å². The van der Waals surface area contributed by atoms with Gasteiger partial charge in [0.05, 0.1) is 16.8 Å². The molecule has 0 aliphatic carbocycles. The zero-order valence-electron chi connectivity index (χ0n) is 9.22. The van der Waals surface area contributed by atoms with E-state index in [1.165, 1.54) is 0 Å². The lowest BCUT2D eigenvalue weighted by Gasteiger charge is -2.07. The van der Waals surface area contributed by atoms with Crippen molar-refractivity contribution in [2.45, 2.75) is 6.61 Å². The van der Waals surface area contributed by atoms with Gasteiger partial charge in [0.2, 0.25) is 0 Å². The van der Waals surface area contributed by atoms with Gasteiger partial charge in [0.25, 0.3) is 0 Å². The molecule has 6 heteroatoms. The fraction of sp³-hybridized carbons (Fsp3) is 0.182. The summed E-state index contributed by atoms with van der Waals surface area (Å²) < 4.78 is 5.74. The third-order valence-electron chi connectivity index (χ3n) is 2.15. The first-order chi connectivity index (χ1) is 8.22. The normalized spacial score (nSPS) is 10.5. The van der Waals surface area contributed by atoms with Crippen molar-refractivity contribution in [3.8, 4) is 11.4 Å². The number of halogens is 1. The van der Waals surface area contributed by atoms with E-state index in [2.05, 4.69) is 30.9 Å². The van der Waals surface area contributed by atoms with E-state index >= 15 is 0 Å². The number of hydrogen-bond donors (Lipinski definition) is 1. The number of nitrogens with two attached hydrogens (primary N) is 1. The van der Waals surface area contributed by atoms with Crippen LogP contribution in [-0.2, 0) is 11.3 Å². The number of aromatic nitrogens is 3. The topological polar surface area (TPSA) is 73.9 Å². The number of rotatable bonds is 3. The molecule has 0 bridgehead atoms. The van der Waals surface area contributed by atoms with Crippen LogP contribution in [0, 0.1) is 0 Å². The standard InChI is InChI=1S/C11H11BrN4O/c1-17-6-8-9(12)10(13)16-11(15-8)7-3-2-4-14-5-7/h2-5H,6H2,1H3,(H2,13,15,16). The molecule has 0 spiro atoms. The van der Waals surface area contributed by atoms with E-state index in [0.717, 1.165) is 11.3 Å². The molecular formula is C11H11BrN4O. The number of pyridine rings is 1. The predicted molar refractivity (Wildman–Crippen MR) is 68.1 cm³/mol. The summed E-state index contributed by atoms with van der Waals surface area (Å²) in [7, 11) is 1.61. The van der Waals surface area contributed by atoms with Crippen LogP contribution >= 0.6 is 15.9 Å². The molecule has 0 atom stereocenters. The van der Waals surface area contributed by atoms with Crippen molar-refractivity contribution < 1.29 is 4.74 Å². The second-order valence-electron chi connectivity index (χ2n) is 3.37. The Bertz CT molecular complexity index is 518. The maximum atomic E-state index is 5.82. The van der Waals surface area contributed by atoms with Crippen molar-refractivity contribution in [1.82, 2.24) is 15.0 Å². The maximum absolute atomic E-state index is 5.82. The van der Waals surface area contributed by atoms with E-state index in [4.69, 9.17) is 10.5 Å². The van der Waals surface area contributed by atoms with Gasteiger partial charge in [-0.15, -0.1) is 0 Å². The summed E-state index contributed by atoms with van der Waals surface area (Å²) in [4.78, 5) is 12.6.